The maximum Gasteiger partial charge on any atom is 0.338 e. The molecule has 0 saturated heterocycles. The van der Waals surface area contributed by atoms with Gasteiger partial charge in [-0.2, -0.15) is 0 Å². The molecule has 0 unspecified atom stereocenters. The molecule has 0 amide bonds. The third-order valence-corrected chi connectivity index (χ3v) is 3.06. The van der Waals surface area contributed by atoms with Gasteiger partial charge in [0.05, 0.1) is 18.4 Å². The summed E-state index contributed by atoms with van der Waals surface area (Å²) in [5.74, 6) is -0.386. The number of rotatable bonds is 2. The minimum absolute atomic E-state index is 0.386. The number of hydrogen-bond donors (Lipinski definition) is 0. The lowest BCUT2D eigenvalue weighted by Gasteiger charge is -2.07. The van der Waals surface area contributed by atoms with Crippen LogP contribution in [0.5, 0.6) is 0 Å². The quantitative estimate of drug-likeness (QED) is 0.667. The fraction of sp³-hybridized carbons (Fsp3) is 0.0625. The topological polar surface area (TPSA) is 52.1 Å². The number of hydrogen-bond acceptors (Lipinski definition) is 4. The minimum Gasteiger partial charge on any atom is -0.465 e. The average molecular weight is 264 g/mol. The number of fused-ring (bicyclic) bond motifs is 1. The van der Waals surface area contributed by atoms with Crippen molar-refractivity contribution in [1.29, 1.82) is 0 Å². The molecule has 0 aliphatic heterocycles. The molecule has 0 aliphatic rings. The van der Waals surface area contributed by atoms with Gasteiger partial charge in [0.15, 0.2) is 5.65 Å². The molecule has 20 heavy (non-hydrogen) atoms. The molecule has 0 N–H and O–H groups in total. The predicted octanol–water partition coefficient (Wildman–Crippen LogP) is 3.08. The summed E-state index contributed by atoms with van der Waals surface area (Å²) in [5.41, 5.74) is 2.65. The highest BCUT2D eigenvalue weighted by Crippen LogP contribution is 2.24. The summed E-state index contributed by atoms with van der Waals surface area (Å²) >= 11 is 0. The summed E-state index contributed by atoms with van der Waals surface area (Å²) in [6, 6.07) is 15.0. The van der Waals surface area contributed by atoms with Crippen LogP contribution in [-0.4, -0.2) is 23.0 Å². The van der Waals surface area contributed by atoms with Crippen molar-refractivity contribution in [3.05, 3.63) is 60.3 Å². The number of pyridine rings is 2. The molecule has 4 heteroatoms. The Morgan fingerprint density at radius 2 is 1.90 bits per heavy atom. The Kier molecular flexibility index (Phi) is 3.13. The monoisotopic (exact) mass is 264 g/mol. The summed E-state index contributed by atoms with van der Waals surface area (Å²) in [5, 5.41) is 0.694. The fourth-order valence-corrected chi connectivity index (χ4v) is 2.09. The van der Waals surface area contributed by atoms with Gasteiger partial charge in [0, 0.05) is 17.1 Å². The maximum absolute atomic E-state index is 11.9. The standard InChI is InChI=1S/C16H12N2O2/c1-20-16(19)13-10-14(11-6-3-2-4-7-11)18-15-12(13)8-5-9-17-15/h2-10H,1H3. The summed E-state index contributed by atoms with van der Waals surface area (Å²) in [7, 11) is 1.37. The number of carbonyl (C=O) groups is 1. The average Bonchev–Trinajstić information content (AvgIpc) is 2.54. The summed E-state index contributed by atoms with van der Waals surface area (Å²) < 4.78 is 4.84. The lowest BCUT2D eigenvalue weighted by atomic mass is 10.1. The molecule has 0 aliphatic carbocycles. The highest BCUT2D eigenvalue weighted by molar-refractivity contribution is 6.03. The lowest BCUT2D eigenvalue weighted by Crippen LogP contribution is -2.04. The molecule has 0 saturated carbocycles. The summed E-state index contributed by atoms with van der Waals surface area (Å²) in [6.07, 6.45) is 1.66. The number of esters is 1. The molecule has 1 aromatic carbocycles. The third-order valence-electron chi connectivity index (χ3n) is 3.06. The predicted molar refractivity (Wildman–Crippen MR) is 76.3 cm³/mol. The third kappa shape index (κ3) is 2.12. The molecule has 4 nitrogen and oxygen atoms in total. The van der Waals surface area contributed by atoms with Gasteiger partial charge in [-0.3, -0.25) is 0 Å². The first-order chi connectivity index (χ1) is 9.79. The Bertz CT molecular complexity index is 770. The van der Waals surface area contributed by atoms with Crippen molar-refractivity contribution in [2.75, 3.05) is 7.11 Å². The van der Waals surface area contributed by atoms with Gasteiger partial charge in [-0.1, -0.05) is 30.3 Å². The van der Waals surface area contributed by atoms with Gasteiger partial charge in [-0.15, -0.1) is 0 Å². The van der Waals surface area contributed by atoms with E-state index in [-0.39, 0.29) is 5.97 Å². The van der Waals surface area contributed by atoms with E-state index in [2.05, 4.69) is 9.97 Å². The van der Waals surface area contributed by atoms with Gasteiger partial charge in [0.2, 0.25) is 0 Å². The van der Waals surface area contributed by atoms with Crippen LogP contribution in [-0.2, 0) is 4.74 Å². The van der Waals surface area contributed by atoms with E-state index in [9.17, 15) is 4.79 Å². The molecule has 0 bridgehead atoms. The Balaban J connectivity index is 2.28. The van der Waals surface area contributed by atoms with Gasteiger partial charge in [-0.05, 0) is 18.2 Å². The number of ether oxygens (including phenoxy) is 1. The second-order valence-corrected chi connectivity index (χ2v) is 4.29. The Morgan fingerprint density at radius 1 is 1.10 bits per heavy atom. The van der Waals surface area contributed by atoms with Crippen LogP contribution < -0.4 is 0 Å². The van der Waals surface area contributed by atoms with E-state index in [1.54, 1.807) is 18.3 Å². The van der Waals surface area contributed by atoms with Gasteiger partial charge in [0.25, 0.3) is 0 Å². The van der Waals surface area contributed by atoms with E-state index in [4.69, 9.17) is 4.74 Å². The molecule has 2 aromatic heterocycles. The normalized spacial score (nSPS) is 10.4. The van der Waals surface area contributed by atoms with Crippen LogP contribution in [0.4, 0.5) is 0 Å². The van der Waals surface area contributed by atoms with Crippen molar-refractivity contribution >= 4 is 17.0 Å². The molecule has 0 radical (unpaired) electrons. The largest absolute Gasteiger partial charge is 0.465 e. The second kappa shape index (κ2) is 5.09. The Labute approximate surface area is 116 Å². The van der Waals surface area contributed by atoms with Gasteiger partial charge in [0.1, 0.15) is 0 Å². The van der Waals surface area contributed by atoms with Crippen molar-refractivity contribution in [3.63, 3.8) is 0 Å². The van der Waals surface area contributed by atoms with Crippen LogP contribution in [0.15, 0.2) is 54.7 Å². The van der Waals surface area contributed by atoms with Crippen molar-refractivity contribution in [2.24, 2.45) is 0 Å². The van der Waals surface area contributed by atoms with Crippen molar-refractivity contribution in [1.82, 2.24) is 9.97 Å². The first kappa shape index (κ1) is 12.3. The molecular formula is C16H12N2O2. The number of benzene rings is 1. The number of methoxy groups -OCH3 is 1. The zero-order chi connectivity index (χ0) is 13.9. The molecule has 3 aromatic rings. The number of aromatic nitrogens is 2. The minimum atomic E-state index is -0.386. The van der Waals surface area contributed by atoms with Gasteiger partial charge < -0.3 is 4.74 Å². The SMILES string of the molecule is COC(=O)c1cc(-c2ccccc2)nc2ncccc12. The number of carbonyl (C=O) groups excluding carboxylic acids is 1. The van der Waals surface area contributed by atoms with Gasteiger partial charge in [-0.25, -0.2) is 14.8 Å². The van der Waals surface area contributed by atoms with Crippen LogP contribution in [0, 0.1) is 0 Å². The first-order valence-corrected chi connectivity index (χ1v) is 6.19. The van der Waals surface area contributed by atoms with E-state index < -0.39 is 0 Å². The molecule has 0 atom stereocenters. The van der Waals surface area contributed by atoms with E-state index >= 15 is 0 Å². The zero-order valence-electron chi connectivity index (χ0n) is 10.9. The maximum atomic E-state index is 11.9. The fourth-order valence-electron chi connectivity index (χ4n) is 2.09. The lowest BCUT2D eigenvalue weighted by molar-refractivity contribution is 0.0603. The van der Waals surface area contributed by atoms with Crippen LogP contribution in [0.2, 0.25) is 0 Å². The molecule has 98 valence electrons. The van der Waals surface area contributed by atoms with Crippen LogP contribution >= 0.6 is 0 Å². The number of nitrogens with zero attached hydrogens (tertiary/aromatic N) is 2. The molecular weight excluding hydrogens is 252 g/mol. The highest BCUT2D eigenvalue weighted by atomic mass is 16.5. The Morgan fingerprint density at radius 3 is 2.65 bits per heavy atom. The van der Waals surface area contributed by atoms with Crippen LogP contribution in [0.1, 0.15) is 10.4 Å². The van der Waals surface area contributed by atoms with E-state index in [0.29, 0.717) is 22.3 Å². The summed E-state index contributed by atoms with van der Waals surface area (Å²) in [4.78, 5) is 20.7. The molecule has 2 heterocycles. The van der Waals surface area contributed by atoms with E-state index in [1.807, 2.05) is 36.4 Å². The zero-order valence-corrected chi connectivity index (χ0v) is 10.9. The van der Waals surface area contributed by atoms with Crippen LogP contribution in [0.25, 0.3) is 22.3 Å². The Hall–Kier alpha value is -2.75. The van der Waals surface area contributed by atoms with Crippen molar-refractivity contribution in [2.45, 2.75) is 0 Å². The highest BCUT2D eigenvalue weighted by Gasteiger charge is 2.14. The van der Waals surface area contributed by atoms with E-state index in [0.717, 1.165) is 5.56 Å². The molecule has 0 fully saturated rings. The summed E-state index contributed by atoms with van der Waals surface area (Å²) in [6.45, 7) is 0. The van der Waals surface area contributed by atoms with Crippen LogP contribution in [0.3, 0.4) is 0 Å². The molecule has 3 rings (SSSR count). The van der Waals surface area contributed by atoms with Crippen molar-refractivity contribution < 1.29 is 9.53 Å². The first-order valence-electron chi connectivity index (χ1n) is 6.19. The second-order valence-electron chi connectivity index (χ2n) is 4.29. The molecule has 0 spiro atoms. The van der Waals surface area contributed by atoms with Crippen molar-refractivity contribution in [3.8, 4) is 11.3 Å². The smallest absolute Gasteiger partial charge is 0.338 e. The van der Waals surface area contributed by atoms with E-state index in [1.165, 1.54) is 7.11 Å². The van der Waals surface area contributed by atoms with Gasteiger partial charge >= 0.3 is 5.97 Å².